The summed E-state index contributed by atoms with van der Waals surface area (Å²) < 4.78 is 12.6. The zero-order chi connectivity index (χ0) is 6.99. The van der Waals surface area contributed by atoms with Crippen LogP contribution in [0.3, 0.4) is 0 Å². The second-order valence-electron chi connectivity index (χ2n) is 0.752. The van der Waals surface area contributed by atoms with E-state index >= 15 is 0 Å². The van der Waals surface area contributed by atoms with Crippen LogP contribution in [-0.2, 0) is 26.6 Å². The Morgan fingerprint density at radius 1 is 1.75 bits per heavy atom. The molecule has 0 saturated carbocycles. The van der Waals surface area contributed by atoms with Crippen molar-refractivity contribution in [3.8, 4) is 0 Å². The molecule has 0 aliphatic heterocycles. The zero-order valence-electron chi connectivity index (χ0n) is 4.72. The number of hydrogen-bond acceptors (Lipinski definition) is 3. The van der Waals surface area contributed by atoms with Crippen molar-refractivity contribution < 1.29 is 31.4 Å². The molecular formula is C3H7NO3Zn. The third kappa shape index (κ3) is 17.3. The predicted molar refractivity (Wildman–Crippen MR) is 21.9 cm³/mol. The van der Waals surface area contributed by atoms with Gasteiger partial charge in [-0.1, -0.05) is 0 Å². The van der Waals surface area contributed by atoms with Crippen LogP contribution in [0.15, 0.2) is 0 Å². The normalized spacial score (nSPS) is 6.38. The summed E-state index contributed by atoms with van der Waals surface area (Å²) in [5.41, 5.74) is 4.54. The third-order valence-electron chi connectivity index (χ3n) is 0.287. The summed E-state index contributed by atoms with van der Waals surface area (Å²) in [5, 5.41) is 0. The first kappa shape index (κ1) is 10.6. The van der Waals surface area contributed by atoms with Gasteiger partial charge in [-0.2, -0.15) is 0 Å². The standard InChI is InChI=1S/C3H7NO2.O.Zn/c1-2-6-3(4)5;;/h2H2,1H3,(H2,4,5);;. The average molecular weight is 170 g/mol. The first-order chi connectivity index (χ1) is 3.77. The van der Waals surface area contributed by atoms with Gasteiger partial charge in [-0.15, -0.1) is 0 Å². The van der Waals surface area contributed by atoms with E-state index in [2.05, 4.69) is 10.5 Å². The molecular weight excluding hydrogens is 163 g/mol. The molecule has 5 heteroatoms. The molecule has 0 aliphatic rings. The molecule has 8 heavy (non-hydrogen) atoms. The van der Waals surface area contributed by atoms with E-state index in [9.17, 15) is 4.79 Å². The summed E-state index contributed by atoms with van der Waals surface area (Å²) in [6, 6.07) is 0. The molecule has 0 rings (SSSR count). The van der Waals surface area contributed by atoms with Crippen LogP contribution in [0.1, 0.15) is 6.92 Å². The van der Waals surface area contributed by atoms with Gasteiger partial charge in [0, 0.05) is 0 Å². The number of rotatable bonds is 1. The van der Waals surface area contributed by atoms with Crippen molar-refractivity contribution in [1.29, 1.82) is 0 Å². The van der Waals surface area contributed by atoms with E-state index in [1.165, 1.54) is 0 Å². The molecule has 0 saturated heterocycles. The van der Waals surface area contributed by atoms with Gasteiger partial charge in [0.2, 0.25) is 0 Å². The van der Waals surface area contributed by atoms with E-state index in [4.69, 9.17) is 3.57 Å². The van der Waals surface area contributed by atoms with Gasteiger partial charge in [0.15, 0.2) is 0 Å². The van der Waals surface area contributed by atoms with Crippen molar-refractivity contribution in [2.75, 3.05) is 6.61 Å². The molecule has 0 radical (unpaired) electrons. The fourth-order valence-electron chi connectivity index (χ4n) is 0.142. The Morgan fingerprint density at radius 3 is 2.12 bits per heavy atom. The molecule has 2 N–H and O–H groups in total. The molecule has 0 heterocycles. The Bertz CT molecular complexity index is 67.5. The molecule has 0 aromatic heterocycles. The van der Waals surface area contributed by atoms with E-state index in [1.807, 2.05) is 0 Å². The van der Waals surface area contributed by atoms with Gasteiger partial charge in [0.1, 0.15) is 0 Å². The Hall–Kier alpha value is -0.307. The van der Waals surface area contributed by atoms with Gasteiger partial charge in [0.25, 0.3) is 0 Å². The van der Waals surface area contributed by atoms with Crippen LogP contribution < -0.4 is 5.73 Å². The van der Waals surface area contributed by atoms with Crippen LogP contribution >= 0.6 is 0 Å². The Labute approximate surface area is 57.3 Å². The fraction of sp³-hybridized carbons (Fsp3) is 0.667. The molecule has 0 unspecified atom stereocenters. The molecule has 0 atom stereocenters. The van der Waals surface area contributed by atoms with E-state index < -0.39 is 6.09 Å². The third-order valence-corrected chi connectivity index (χ3v) is 0.287. The van der Waals surface area contributed by atoms with E-state index in [0.29, 0.717) is 6.61 Å². The van der Waals surface area contributed by atoms with Crippen molar-refractivity contribution >= 4 is 6.09 Å². The molecule has 4 nitrogen and oxygen atoms in total. The number of carbonyl (C=O) groups is 1. The number of carbonyl (C=O) groups excluding carboxylic acids is 1. The summed E-state index contributed by atoms with van der Waals surface area (Å²) >= 11 is 0.125. The van der Waals surface area contributed by atoms with Crippen molar-refractivity contribution in [1.82, 2.24) is 0 Å². The van der Waals surface area contributed by atoms with Crippen LogP contribution in [0, 0.1) is 0 Å². The van der Waals surface area contributed by atoms with Gasteiger partial charge in [0.05, 0.1) is 6.61 Å². The summed E-state index contributed by atoms with van der Waals surface area (Å²) in [7, 11) is 0. The summed E-state index contributed by atoms with van der Waals surface area (Å²) in [4.78, 5) is 9.60. The van der Waals surface area contributed by atoms with Crippen molar-refractivity contribution in [3.63, 3.8) is 0 Å². The molecule has 0 fully saturated rings. The second-order valence-corrected chi connectivity index (χ2v) is 0.752. The average Bonchev–Trinajstić information content (AvgIpc) is 1.72. The van der Waals surface area contributed by atoms with E-state index in [1.54, 1.807) is 6.92 Å². The molecule has 0 aliphatic carbocycles. The first-order valence-electron chi connectivity index (χ1n) is 1.98. The quantitative estimate of drug-likeness (QED) is 0.563. The van der Waals surface area contributed by atoms with Crippen molar-refractivity contribution in [2.24, 2.45) is 5.73 Å². The molecule has 44 valence electrons. The van der Waals surface area contributed by atoms with Crippen LogP contribution in [0.5, 0.6) is 0 Å². The molecule has 0 aromatic rings. The minimum absolute atomic E-state index is 0.125. The van der Waals surface area contributed by atoms with Gasteiger partial charge >= 0.3 is 27.9 Å². The number of amides is 1. The first-order valence-corrected chi connectivity index (χ1v) is 3.19. The SMILES string of the molecule is CCOC(N)=O.[O]=[Zn]. The maximum atomic E-state index is 9.60. The fourth-order valence-corrected chi connectivity index (χ4v) is 0.142. The van der Waals surface area contributed by atoms with Gasteiger partial charge in [-0.05, 0) is 6.92 Å². The second kappa shape index (κ2) is 9.85. The minimum atomic E-state index is -0.711. The maximum absolute atomic E-state index is 9.60. The van der Waals surface area contributed by atoms with E-state index in [0.717, 1.165) is 0 Å². The number of nitrogens with two attached hydrogens (primary N) is 1. The molecule has 0 spiro atoms. The van der Waals surface area contributed by atoms with Crippen LogP contribution in [0.2, 0.25) is 0 Å². The van der Waals surface area contributed by atoms with E-state index in [-0.39, 0.29) is 18.3 Å². The van der Waals surface area contributed by atoms with Crippen molar-refractivity contribution in [2.45, 2.75) is 6.92 Å². The zero-order valence-corrected chi connectivity index (χ0v) is 7.68. The topological polar surface area (TPSA) is 69.4 Å². The van der Waals surface area contributed by atoms with Crippen molar-refractivity contribution in [3.05, 3.63) is 0 Å². The van der Waals surface area contributed by atoms with Gasteiger partial charge < -0.3 is 10.5 Å². The van der Waals surface area contributed by atoms with Gasteiger partial charge in [-0.25, -0.2) is 4.79 Å². The number of ether oxygens (including phenoxy) is 1. The molecule has 0 bridgehead atoms. The van der Waals surface area contributed by atoms with Crippen LogP contribution in [-0.4, -0.2) is 12.7 Å². The summed E-state index contributed by atoms with van der Waals surface area (Å²) in [6.07, 6.45) is -0.711. The number of primary amides is 1. The monoisotopic (exact) mass is 169 g/mol. The Balaban J connectivity index is 0. The molecule has 0 aromatic carbocycles. The summed E-state index contributed by atoms with van der Waals surface area (Å²) in [5.74, 6) is 0. The Kier molecular flexibility index (Phi) is 13.1. The summed E-state index contributed by atoms with van der Waals surface area (Å²) in [6.45, 7) is 2.06. The van der Waals surface area contributed by atoms with Crippen LogP contribution in [0.4, 0.5) is 4.79 Å². The van der Waals surface area contributed by atoms with Gasteiger partial charge in [-0.3, -0.25) is 0 Å². The molecule has 1 amide bonds. The number of hydrogen-bond donors (Lipinski definition) is 1. The predicted octanol–water partition coefficient (Wildman–Crippen LogP) is -0.0197. The van der Waals surface area contributed by atoms with Crippen LogP contribution in [0.25, 0.3) is 0 Å². The Morgan fingerprint density at radius 2 is 2.12 bits per heavy atom.